The van der Waals surface area contributed by atoms with Gasteiger partial charge in [0.2, 0.25) is 29.3 Å². The van der Waals surface area contributed by atoms with Crippen LogP contribution in [-0.4, -0.2) is 135 Å². The van der Waals surface area contributed by atoms with Crippen LogP contribution in [0.2, 0.25) is 0 Å². The molecule has 10 amide bonds. The standard InChI is InChI=1S/C54H61N21O12/c1-28(76)57-39-25-74(8)45(63-39)53(86)61-32-18-36(71(5)23-32)49(82)60-31-17-38(72(6)22-31)51(84)66-40-26-73(7)44(64-40)52(85)55-13-10-11-42(77)58-29-15-37(69(3)20-29)50(83)67-41-27-75(9)46(65-41)54(87)62-33-19-35(70(4)24-33)48(81)59-30-16-34(68(2)21-30)47(80)56-14-12-43(78)79/h15-27H,10-14H2,1-9H3,(H,55,85)(H,56,80)(H,57,76)(H,58,77)(H,59,81)(H,60,82)(H,61,86)(H,62,87)(H,66,84)(H,67,83)(H,78,79). The number of carbonyl (C=O) groups is 11. The molecule has 8 heterocycles. The molecule has 11 N–H and O–H groups in total. The van der Waals surface area contributed by atoms with Gasteiger partial charge in [0.05, 0.1) is 34.9 Å². The van der Waals surface area contributed by atoms with Crippen LogP contribution in [0.5, 0.6) is 0 Å². The monoisotopic (exact) mass is 1200 g/mol. The Hall–Kier alpha value is -11.8. The zero-order valence-corrected chi connectivity index (χ0v) is 48.4. The number of nitrogens with one attached hydrogen (secondary N) is 10. The Kier molecular flexibility index (Phi) is 18.2. The lowest BCUT2D eigenvalue weighted by Gasteiger charge is -2.05. The lowest BCUT2D eigenvalue weighted by atomic mass is 10.3. The number of aliphatic carboxylic acids is 1. The van der Waals surface area contributed by atoms with E-state index in [0.29, 0.717) is 17.1 Å². The Morgan fingerprint density at radius 3 is 1.03 bits per heavy atom. The number of amides is 10. The van der Waals surface area contributed by atoms with Crippen LogP contribution in [0.3, 0.4) is 0 Å². The van der Waals surface area contributed by atoms with Crippen LogP contribution in [0, 0.1) is 0 Å². The van der Waals surface area contributed by atoms with Crippen molar-refractivity contribution in [2.45, 2.75) is 26.2 Å². The third-order valence-electron chi connectivity index (χ3n) is 13.0. The number of carboxylic acid groups (broad SMARTS) is 1. The zero-order chi connectivity index (χ0) is 63.1. The largest absolute Gasteiger partial charge is 0.481 e. The molecule has 0 spiro atoms. The number of imidazole rings is 3. The summed E-state index contributed by atoms with van der Waals surface area (Å²) in [6.45, 7) is 1.33. The van der Waals surface area contributed by atoms with Crippen LogP contribution in [0.15, 0.2) is 79.9 Å². The summed E-state index contributed by atoms with van der Waals surface area (Å²) in [7, 11) is 12.7. The van der Waals surface area contributed by atoms with E-state index >= 15 is 0 Å². The van der Waals surface area contributed by atoms with Gasteiger partial charge in [0.15, 0.2) is 17.5 Å². The van der Waals surface area contributed by atoms with Crippen molar-refractivity contribution in [3.05, 3.63) is 126 Å². The summed E-state index contributed by atoms with van der Waals surface area (Å²) in [6, 6.07) is 7.22. The smallest absolute Gasteiger partial charge is 0.305 e. The molecule has 8 aromatic heterocycles. The van der Waals surface area contributed by atoms with Crippen molar-refractivity contribution >= 4 is 111 Å². The van der Waals surface area contributed by atoms with Crippen LogP contribution in [0.1, 0.15) is 110 Å². The Morgan fingerprint density at radius 1 is 0.356 bits per heavy atom. The van der Waals surface area contributed by atoms with Gasteiger partial charge in [0, 0.05) is 132 Å². The molecule has 0 saturated heterocycles. The van der Waals surface area contributed by atoms with E-state index in [2.05, 4.69) is 68.1 Å². The van der Waals surface area contributed by atoms with Crippen molar-refractivity contribution in [1.29, 1.82) is 0 Å². The molecule has 0 aliphatic carbocycles. The first-order chi connectivity index (χ1) is 41.2. The van der Waals surface area contributed by atoms with Gasteiger partial charge in [-0.3, -0.25) is 52.7 Å². The minimum absolute atomic E-state index is 0.00962. The van der Waals surface area contributed by atoms with E-state index < -0.39 is 59.1 Å². The topological polar surface area (TPSA) is 406 Å². The number of anilines is 8. The minimum atomic E-state index is -1.06. The summed E-state index contributed by atoms with van der Waals surface area (Å²) in [6.07, 6.45) is 11.9. The molecule has 0 bridgehead atoms. The predicted molar refractivity (Wildman–Crippen MR) is 313 cm³/mol. The van der Waals surface area contributed by atoms with Crippen LogP contribution in [0.25, 0.3) is 0 Å². The van der Waals surface area contributed by atoms with Crippen LogP contribution in [-0.2, 0) is 70.8 Å². The lowest BCUT2D eigenvalue weighted by Crippen LogP contribution is -2.27. The van der Waals surface area contributed by atoms with Crippen LogP contribution in [0.4, 0.5) is 45.9 Å². The summed E-state index contributed by atoms with van der Waals surface area (Å²) < 4.78 is 11.7. The van der Waals surface area contributed by atoms with Gasteiger partial charge in [-0.05, 0) is 36.8 Å². The number of hydrogen-bond acceptors (Lipinski definition) is 14. The molecule has 0 fully saturated rings. The molecule has 0 saturated carbocycles. The van der Waals surface area contributed by atoms with Crippen molar-refractivity contribution in [1.82, 2.24) is 62.1 Å². The summed E-state index contributed by atoms with van der Waals surface area (Å²) in [5.41, 5.74) is 2.27. The number of rotatable bonds is 23. The molecule has 0 aliphatic heterocycles. The van der Waals surface area contributed by atoms with E-state index in [4.69, 9.17) is 5.11 Å². The van der Waals surface area contributed by atoms with Gasteiger partial charge < -0.3 is 94.8 Å². The molecule has 87 heavy (non-hydrogen) atoms. The maximum atomic E-state index is 13.4. The number of aryl methyl sites for hydroxylation is 8. The van der Waals surface area contributed by atoms with Gasteiger partial charge in [-0.25, -0.2) is 15.0 Å². The maximum Gasteiger partial charge on any atom is 0.305 e. The summed E-state index contributed by atoms with van der Waals surface area (Å²) >= 11 is 0. The quantitative estimate of drug-likeness (QED) is 0.0410. The Balaban J connectivity index is 0.760. The van der Waals surface area contributed by atoms with Crippen LogP contribution < -0.4 is 53.2 Å². The summed E-state index contributed by atoms with van der Waals surface area (Å²) in [4.78, 5) is 153. The van der Waals surface area contributed by atoms with Gasteiger partial charge in [0.1, 0.15) is 28.5 Å². The number of hydrogen-bond donors (Lipinski definition) is 11. The molecule has 33 heteroatoms. The molecule has 8 aromatic rings. The van der Waals surface area contributed by atoms with Gasteiger partial charge >= 0.3 is 5.97 Å². The van der Waals surface area contributed by atoms with E-state index in [1.807, 2.05) is 0 Å². The van der Waals surface area contributed by atoms with Gasteiger partial charge in [-0.2, -0.15) is 0 Å². The molecule has 33 nitrogen and oxygen atoms in total. The van der Waals surface area contributed by atoms with E-state index in [1.54, 1.807) is 56.4 Å². The predicted octanol–water partition coefficient (Wildman–Crippen LogP) is 2.41. The molecular formula is C54H61N21O12. The van der Waals surface area contributed by atoms with Gasteiger partial charge in [-0.1, -0.05) is 0 Å². The molecule has 8 rings (SSSR count). The normalized spacial score (nSPS) is 10.9. The number of nitrogens with zero attached hydrogens (tertiary/aromatic N) is 11. The highest BCUT2D eigenvalue weighted by Crippen LogP contribution is 2.23. The van der Waals surface area contributed by atoms with Crippen molar-refractivity contribution in [3.8, 4) is 0 Å². The minimum Gasteiger partial charge on any atom is -0.481 e. The number of carbonyl (C=O) groups excluding carboxylic acids is 10. The molecule has 0 radical (unpaired) electrons. The second-order valence-electron chi connectivity index (χ2n) is 20.0. The molecular weight excluding hydrogens is 1130 g/mol. The second-order valence-corrected chi connectivity index (χ2v) is 20.0. The summed E-state index contributed by atoms with van der Waals surface area (Å²) in [5, 5.41) is 35.4. The fourth-order valence-corrected chi connectivity index (χ4v) is 8.94. The number of carboxylic acids is 1. The number of aromatic nitrogens is 11. The first kappa shape index (κ1) is 61.3. The fraction of sp³-hybridized carbons (Fsp3) is 0.259. The average molecular weight is 1200 g/mol. The highest BCUT2D eigenvalue weighted by Gasteiger charge is 2.24. The lowest BCUT2D eigenvalue weighted by molar-refractivity contribution is -0.136. The molecule has 0 atom stereocenters. The van der Waals surface area contributed by atoms with E-state index in [-0.39, 0.29) is 113 Å². The highest BCUT2D eigenvalue weighted by molar-refractivity contribution is 6.10. The molecule has 454 valence electrons. The SMILES string of the molecule is CC(=O)Nc1cn(C)c(C(=O)Nc2cc(C(=O)Nc3cc(C(=O)Nc4cn(C)c(C(=O)NCCCC(=O)Nc5cc(C(=O)Nc6cn(C)c(C(=O)Nc7cc(C(=O)Nc8cc(C(=O)NCCC(=O)O)n(C)c8)n(C)c7)n6)n(C)c5)n4)n(C)c3)n(C)c2)n1. The van der Waals surface area contributed by atoms with E-state index in [0.717, 1.165) is 0 Å². The van der Waals surface area contributed by atoms with Crippen molar-refractivity contribution in [3.63, 3.8) is 0 Å². The van der Waals surface area contributed by atoms with Gasteiger partial charge in [0.25, 0.3) is 47.3 Å². The molecule has 0 aromatic carbocycles. The first-order valence-electron chi connectivity index (χ1n) is 26.4. The fourth-order valence-electron chi connectivity index (χ4n) is 8.94. The maximum absolute atomic E-state index is 13.4. The van der Waals surface area contributed by atoms with E-state index in [1.165, 1.54) is 123 Å². The third kappa shape index (κ3) is 14.9. The van der Waals surface area contributed by atoms with Crippen molar-refractivity contribution in [2.24, 2.45) is 56.4 Å². The Bertz CT molecular complexity index is 4080. The Labute approximate surface area is 493 Å². The summed E-state index contributed by atoms with van der Waals surface area (Å²) in [5.74, 6) is -6.20. The first-order valence-corrected chi connectivity index (χ1v) is 26.4. The van der Waals surface area contributed by atoms with Crippen molar-refractivity contribution < 1.29 is 57.8 Å². The molecule has 0 unspecified atom stereocenters. The Morgan fingerprint density at radius 2 is 0.667 bits per heavy atom. The van der Waals surface area contributed by atoms with E-state index in [9.17, 15) is 52.7 Å². The van der Waals surface area contributed by atoms with Crippen LogP contribution >= 0.6 is 0 Å². The third-order valence-corrected chi connectivity index (χ3v) is 13.0. The van der Waals surface area contributed by atoms with Gasteiger partial charge in [-0.15, -0.1) is 0 Å². The highest BCUT2D eigenvalue weighted by atomic mass is 16.4. The average Bonchev–Trinajstić information content (AvgIpc) is 2.57. The molecule has 0 aliphatic rings. The van der Waals surface area contributed by atoms with Crippen molar-refractivity contribution in [2.75, 3.05) is 55.6 Å². The zero-order valence-electron chi connectivity index (χ0n) is 48.4. The second kappa shape index (κ2) is 25.8.